The van der Waals surface area contributed by atoms with Gasteiger partial charge in [-0.3, -0.25) is 9.69 Å². The van der Waals surface area contributed by atoms with Gasteiger partial charge in [-0.05, 0) is 46.1 Å². The Morgan fingerprint density at radius 1 is 1.39 bits per heavy atom. The topological polar surface area (TPSA) is 56.6 Å². The molecule has 0 saturated carbocycles. The van der Waals surface area contributed by atoms with Crippen molar-refractivity contribution in [3.63, 3.8) is 0 Å². The predicted molar refractivity (Wildman–Crippen MR) is 88.3 cm³/mol. The van der Waals surface area contributed by atoms with E-state index >= 15 is 0 Å². The summed E-state index contributed by atoms with van der Waals surface area (Å²) in [5, 5.41) is 4.45. The summed E-state index contributed by atoms with van der Waals surface area (Å²) in [7, 11) is 5.04. The summed E-state index contributed by atoms with van der Waals surface area (Å²) in [6, 6.07) is 0. The summed E-state index contributed by atoms with van der Waals surface area (Å²) in [5.41, 5.74) is 1.67. The van der Waals surface area contributed by atoms with Crippen LogP contribution >= 0.6 is 0 Å². The molecule has 1 aliphatic heterocycles. The second-order valence-corrected chi connectivity index (χ2v) is 6.98. The van der Waals surface area contributed by atoms with E-state index in [-0.39, 0.29) is 5.97 Å². The van der Waals surface area contributed by atoms with E-state index in [1.165, 1.54) is 7.11 Å². The van der Waals surface area contributed by atoms with Crippen molar-refractivity contribution in [3.8, 4) is 5.88 Å². The first-order valence-corrected chi connectivity index (χ1v) is 8.18. The molecule has 2 heterocycles. The molecule has 6 heteroatoms. The summed E-state index contributed by atoms with van der Waals surface area (Å²) in [6.45, 7) is 8.71. The van der Waals surface area contributed by atoms with Crippen LogP contribution in [0.4, 0.5) is 0 Å². The number of piperidine rings is 1. The van der Waals surface area contributed by atoms with Crippen molar-refractivity contribution in [2.24, 2.45) is 18.4 Å². The van der Waals surface area contributed by atoms with Gasteiger partial charge in [0.2, 0.25) is 5.88 Å². The third kappa shape index (κ3) is 3.52. The molecule has 1 aromatic heterocycles. The fourth-order valence-corrected chi connectivity index (χ4v) is 3.56. The molecule has 0 unspecified atom stereocenters. The Morgan fingerprint density at radius 2 is 2.09 bits per heavy atom. The van der Waals surface area contributed by atoms with Crippen LogP contribution in [0.5, 0.6) is 5.88 Å². The van der Waals surface area contributed by atoms with E-state index in [4.69, 9.17) is 9.47 Å². The molecule has 1 aliphatic rings. The molecule has 0 amide bonds. The van der Waals surface area contributed by atoms with Crippen LogP contribution in [0.2, 0.25) is 0 Å². The number of likely N-dealkylation sites (tertiary alicyclic amines) is 1. The summed E-state index contributed by atoms with van der Waals surface area (Å²) < 4.78 is 12.3. The molecule has 1 fully saturated rings. The molecule has 0 aliphatic carbocycles. The minimum Gasteiger partial charge on any atom is -0.481 e. The van der Waals surface area contributed by atoms with Crippen molar-refractivity contribution >= 4 is 5.97 Å². The van der Waals surface area contributed by atoms with Gasteiger partial charge in [-0.1, -0.05) is 0 Å². The van der Waals surface area contributed by atoms with Crippen molar-refractivity contribution in [2.75, 3.05) is 27.3 Å². The fraction of sp³-hybridized carbons (Fsp3) is 0.765. The van der Waals surface area contributed by atoms with Crippen LogP contribution in [0.15, 0.2) is 0 Å². The fourth-order valence-electron chi connectivity index (χ4n) is 3.56. The van der Waals surface area contributed by atoms with Gasteiger partial charge in [-0.25, -0.2) is 4.68 Å². The molecule has 0 spiro atoms. The van der Waals surface area contributed by atoms with Crippen LogP contribution in [-0.4, -0.2) is 48.0 Å². The first-order valence-electron chi connectivity index (χ1n) is 8.18. The van der Waals surface area contributed by atoms with Crippen LogP contribution in [0.3, 0.4) is 0 Å². The number of hydrogen-bond acceptors (Lipinski definition) is 5. The molecule has 2 rings (SSSR count). The third-order valence-electron chi connectivity index (χ3n) is 5.10. The Labute approximate surface area is 138 Å². The molecular weight excluding hydrogens is 294 g/mol. The molecule has 130 valence electrons. The van der Waals surface area contributed by atoms with E-state index in [2.05, 4.69) is 10.00 Å². The maximum absolute atomic E-state index is 12.1. The Kier molecular flexibility index (Phi) is 5.34. The number of rotatable bonds is 5. The number of nitrogens with zero attached hydrogens (tertiary/aromatic N) is 3. The predicted octanol–water partition coefficient (Wildman–Crippen LogP) is 2.15. The lowest BCUT2D eigenvalue weighted by Gasteiger charge is -2.39. The van der Waals surface area contributed by atoms with E-state index in [0.29, 0.717) is 5.92 Å². The van der Waals surface area contributed by atoms with Gasteiger partial charge in [0, 0.05) is 20.1 Å². The van der Waals surface area contributed by atoms with Gasteiger partial charge < -0.3 is 9.47 Å². The largest absolute Gasteiger partial charge is 0.481 e. The van der Waals surface area contributed by atoms with Crippen molar-refractivity contribution in [1.82, 2.24) is 14.7 Å². The molecule has 6 nitrogen and oxygen atoms in total. The van der Waals surface area contributed by atoms with E-state index in [0.717, 1.165) is 49.6 Å². The minimum absolute atomic E-state index is 0.125. The molecule has 0 bridgehead atoms. The maximum atomic E-state index is 12.1. The van der Waals surface area contributed by atoms with Gasteiger partial charge in [-0.15, -0.1) is 0 Å². The summed E-state index contributed by atoms with van der Waals surface area (Å²) >= 11 is 0. The first-order chi connectivity index (χ1) is 10.8. The number of esters is 1. The number of methoxy groups -OCH3 is 2. The van der Waals surface area contributed by atoms with Crippen molar-refractivity contribution < 1.29 is 14.3 Å². The van der Waals surface area contributed by atoms with Crippen LogP contribution < -0.4 is 4.74 Å². The van der Waals surface area contributed by atoms with E-state index in [1.54, 1.807) is 11.8 Å². The lowest BCUT2D eigenvalue weighted by molar-refractivity contribution is -0.155. The number of aromatic nitrogens is 2. The lowest BCUT2D eigenvalue weighted by atomic mass is 9.74. The Hall–Kier alpha value is -1.56. The SMILES string of the molecule is COC(=O)C(C)(C)[C@@H]1CCCN(Cc2c(C)nn(C)c2OC)C1. The van der Waals surface area contributed by atoms with Gasteiger partial charge in [0.1, 0.15) is 0 Å². The highest BCUT2D eigenvalue weighted by Gasteiger charge is 2.40. The summed E-state index contributed by atoms with van der Waals surface area (Å²) in [5.74, 6) is 0.989. The zero-order valence-electron chi connectivity index (χ0n) is 15.2. The quantitative estimate of drug-likeness (QED) is 0.777. The second kappa shape index (κ2) is 6.91. The highest BCUT2D eigenvalue weighted by molar-refractivity contribution is 5.76. The number of carbonyl (C=O) groups excluding carboxylic acids is 1. The number of hydrogen-bond donors (Lipinski definition) is 0. The zero-order valence-corrected chi connectivity index (χ0v) is 15.2. The van der Waals surface area contributed by atoms with E-state index in [9.17, 15) is 4.79 Å². The number of aryl methyl sites for hydroxylation is 2. The first kappa shape index (κ1) is 17.8. The normalized spacial score (nSPS) is 19.7. The van der Waals surface area contributed by atoms with Crippen LogP contribution in [0.1, 0.15) is 37.9 Å². The molecule has 23 heavy (non-hydrogen) atoms. The smallest absolute Gasteiger partial charge is 0.311 e. The molecule has 1 aromatic rings. The standard InChI is InChI=1S/C17H29N3O3/c1-12-14(15(22-5)19(4)18-12)11-20-9-7-8-13(10-20)17(2,3)16(21)23-6/h13H,7-11H2,1-6H3/t13-/m1/s1. The highest BCUT2D eigenvalue weighted by Crippen LogP contribution is 2.36. The number of carbonyl (C=O) groups is 1. The molecule has 1 saturated heterocycles. The Bertz CT molecular complexity index is 566. The Balaban J connectivity index is 2.12. The molecular formula is C17H29N3O3. The van der Waals surface area contributed by atoms with Gasteiger partial charge in [0.05, 0.1) is 30.9 Å². The Morgan fingerprint density at radius 3 is 2.70 bits per heavy atom. The highest BCUT2D eigenvalue weighted by atomic mass is 16.5. The number of ether oxygens (including phenoxy) is 2. The van der Waals surface area contributed by atoms with Gasteiger partial charge in [0.15, 0.2) is 0 Å². The molecule has 1 atom stereocenters. The van der Waals surface area contributed by atoms with Crippen molar-refractivity contribution in [1.29, 1.82) is 0 Å². The van der Waals surface area contributed by atoms with Crippen LogP contribution in [0, 0.1) is 18.3 Å². The van der Waals surface area contributed by atoms with E-state index < -0.39 is 5.41 Å². The van der Waals surface area contributed by atoms with Crippen LogP contribution in [0.25, 0.3) is 0 Å². The van der Waals surface area contributed by atoms with Crippen LogP contribution in [-0.2, 0) is 23.1 Å². The van der Waals surface area contributed by atoms with E-state index in [1.807, 2.05) is 27.8 Å². The average molecular weight is 323 g/mol. The minimum atomic E-state index is -0.457. The van der Waals surface area contributed by atoms with Crippen molar-refractivity contribution in [3.05, 3.63) is 11.3 Å². The molecule has 0 aromatic carbocycles. The third-order valence-corrected chi connectivity index (χ3v) is 5.10. The summed E-state index contributed by atoms with van der Waals surface area (Å²) in [4.78, 5) is 14.5. The van der Waals surface area contributed by atoms with Gasteiger partial charge in [0.25, 0.3) is 0 Å². The second-order valence-electron chi connectivity index (χ2n) is 6.98. The van der Waals surface area contributed by atoms with Crippen molar-refractivity contribution in [2.45, 2.75) is 40.2 Å². The zero-order chi connectivity index (χ0) is 17.2. The van der Waals surface area contributed by atoms with Gasteiger partial charge in [-0.2, -0.15) is 5.10 Å². The maximum Gasteiger partial charge on any atom is 0.311 e. The molecule has 0 N–H and O–H groups in total. The monoisotopic (exact) mass is 323 g/mol. The summed E-state index contributed by atoms with van der Waals surface area (Å²) in [6.07, 6.45) is 2.15. The molecule has 0 radical (unpaired) electrons. The average Bonchev–Trinajstić information content (AvgIpc) is 2.80. The lowest BCUT2D eigenvalue weighted by Crippen LogP contribution is -2.44. The van der Waals surface area contributed by atoms with Gasteiger partial charge >= 0.3 is 5.97 Å².